The van der Waals surface area contributed by atoms with Crippen LogP contribution in [-0.4, -0.2) is 48.2 Å². The van der Waals surface area contributed by atoms with Crippen molar-refractivity contribution in [3.05, 3.63) is 52.8 Å². The number of fused-ring (bicyclic) bond motifs is 1. The standard InChI is InChI=1S/C21H22F3N5O2S/c1-13-15(4-3-5-18(13)21(22,23)24)11-26-20-16-10-19(25-12-17(16)14(2)27-28-20)29-6-8-32(30,31)9-7-29/h3-5,10,12H,6-9,11H2,1-2H3,(H,26,28). The number of rotatable bonds is 4. The van der Waals surface area contributed by atoms with E-state index in [9.17, 15) is 21.6 Å². The third kappa shape index (κ3) is 4.47. The van der Waals surface area contributed by atoms with Crippen LogP contribution in [0, 0.1) is 13.8 Å². The number of alkyl halides is 3. The van der Waals surface area contributed by atoms with Gasteiger partial charge in [-0.05, 0) is 37.1 Å². The number of nitrogens with one attached hydrogen (secondary N) is 1. The van der Waals surface area contributed by atoms with Crippen LogP contribution in [0.1, 0.15) is 22.4 Å². The number of aromatic nitrogens is 3. The van der Waals surface area contributed by atoms with Crippen LogP contribution in [0.3, 0.4) is 0 Å². The first-order valence-electron chi connectivity index (χ1n) is 10.0. The molecule has 1 fully saturated rings. The molecule has 7 nitrogen and oxygen atoms in total. The smallest absolute Gasteiger partial charge is 0.364 e. The predicted molar refractivity (Wildman–Crippen MR) is 116 cm³/mol. The molecular formula is C21H22F3N5O2S. The summed E-state index contributed by atoms with van der Waals surface area (Å²) in [4.78, 5) is 6.36. The molecule has 170 valence electrons. The van der Waals surface area contributed by atoms with E-state index in [0.717, 1.165) is 16.8 Å². The zero-order valence-electron chi connectivity index (χ0n) is 17.6. The molecule has 0 aliphatic carbocycles. The Morgan fingerprint density at radius 2 is 1.81 bits per heavy atom. The van der Waals surface area contributed by atoms with Crippen LogP contribution in [0.5, 0.6) is 0 Å². The lowest BCUT2D eigenvalue weighted by Crippen LogP contribution is -2.40. The Morgan fingerprint density at radius 3 is 2.50 bits per heavy atom. The number of nitrogens with zero attached hydrogens (tertiary/aromatic N) is 4. The fourth-order valence-corrected chi connectivity index (χ4v) is 4.97. The van der Waals surface area contributed by atoms with Gasteiger partial charge >= 0.3 is 6.18 Å². The maximum atomic E-state index is 13.2. The summed E-state index contributed by atoms with van der Waals surface area (Å²) >= 11 is 0. The molecule has 1 N–H and O–H groups in total. The molecule has 1 saturated heterocycles. The van der Waals surface area contributed by atoms with Gasteiger partial charge in [-0.1, -0.05) is 12.1 Å². The van der Waals surface area contributed by atoms with Crippen molar-refractivity contribution < 1.29 is 21.6 Å². The van der Waals surface area contributed by atoms with Crippen LogP contribution < -0.4 is 10.2 Å². The second-order valence-electron chi connectivity index (χ2n) is 7.80. The van der Waals surface area contributed by atoms with Gasteiger partial charge in [0.25, 0.3) is 0 Å². The van der Waals surface area contributed by atoms with E-state index in [1.807, 2.05) is 11.0 Å². The summed E-state index contributed by atoms with van der Waals surface area (Å²) in [5.74, 6) is 1.19. The van der Waals surface area contributed by atoms with Crippen molar-refractivity contribution in [3.8, 4) is 0 Å². The molecule has 0 spiro atoms. The fraction of sp³-hybridized carbons (Fsp3) is 0.381. The molecule has 2 aromatic heterocycles. The number of anilines is 2. The summed E-state index contributed by atoms with van der Waals surface area (Å²) in [6, 6.07) is 5.91. The lowest BCUT2D eigenvalue weighted by Gasteiger charge is -2.28. The monoisotopic (exact) mass is 465 g/mol. The Kier molecular flexibility index (Phi) is 5.70. The van der Waals surface area contributed by atoms with Crippen molar-refractivity contribution in [1.29, 1.82) is 0 Å². The maximum absolute atomic E-state index is 13.2. The van der Waals surface area contributed by atoms with E-state index in [-0.39, 0.29) is 23.6 Å². The fourth-order valence-electron chi connectivity index (χ4n) is 3.77. The third-order valence-corrected chi connectivity index (χ3v) is 7.31. The van der Waals surface area contributed by atoms with Gasteiger partial charge in [-0.15, -0.1) is 5.10 Å². The topological polar surface area (TPSA) is 88.1 Å². The van der Waals surface area contributed by atoms with Crippen molar-refractivity contribution in [3.63, 3.8) is 0 Å². The third-order valence-electron chi connectivity index (χ3n) is 5.70. The van der Waals surface area contributed by atoms with Crippen molar-refractivity contribution in [2.24, 2.45) is 0 Å². The minimum atomic E-state index is -4.42. The molecule has 0 saturated carbocycles. The Hall–Kier alpha value is -2.95. The van der Waals surface area contributed by atoms with Crippen molar-refractivity contribution in [1.82, 2.24) is 15.2 Å². The summed E-state index contributed by atoms with van der Waals surface area (Å²) in [7, 11) is -3.02. The zero-order chi connectivity index (χ0) is 23.1. The molecule has 1 aromatic carbocycles. The van der Waals surface area contributed by atoms with E-state index in [1.54, 1.807) is 19.2 Å². The minimum Gasteiger partial charge on any atom is -0.364 e. The van der Waals surface area contributed by atoms with Gasteiger partial charge in [0.2, 0.25) is 0 Å². The summed E-state index contributed by atoms with van der Waals surface area (Å²) in [5, 5.41) is 12.9. The van der Waals surface area contributed by atoms with Gasteiger partial charge in [0.1, 0.15) is 5.82 Å². The van der Waals surface area contributed by atoms with Gasteiger partial charge in [-0.25, -0.2) is 13.4 Å². The van der Waals surface area contributed by atoms with Crippen molar-refractivity contribution in [2.75, 3.05) is 34.8 Å². The van der Waals surface area contributed by atoms with E-state index >= 15 is 0 Å². The maximum Gasteiger partial charge on any atom is 0.416 e. The second kappa shape index (κ2) is 8.19. The van der Waals surface area contributed by atoms with Gasteiger partial charge in [0.05, 0.1) is 22.8 Å². The minimum absolute atomic E-state index is 0.0697. The Bertz CT molecular complexity index is 1260. The number of benzene rings is 1. The highest BCUT2D eigenvalue weighted by Crippen LogP contribution is 2.33. The summed E-state index contributed by atoms with van der Waals surface area (Å²) in [5.41, 5.74) is 0.670. The van der Waals surface area contributed by atoms with Gasteiger partial charge in [-0.3, -0.25) is 0 Å². The van der Waals surface area contributed by atoms with Crippen LogP contribution in [-0.2, 0) is 22.6 Å². The van der Waals surface area contributed by atoms with Gasteiger partial charge < -0.3 is 10.2 Å². The molecule has 3 aromatic rings. The van der Waals surface area contributed by atoms with E-state index in [2.05, 4.69) is 20.5 Å². The number of hydrogen-bond acceptors (Lipinski definition) is 7. The van der Waals surface area contributed by atoms with Crippen LogP contribution in [0.2, 0.25) is 0 Å². The molecule has 0 bridgehead atoms. The number of pyridine rings is 1. The molecule has 4 rings (SSSR count). The van der Waals surface area contributed by atoms with Crippen LogP contribution >= 0.6 is 0 Å². The molecule has 0 atom stereocenters. The molecule has 11 heteroatoms. The first-order valence-corrected chi connectivity index (χ1v) is 11.9. The lowest BCUT2D eigenvalue weighted by molar-refractivity contribution is -0.138. The predicted octanol–water partition coefficient (Wildman–Crippen LogP) is 3.51. The number of aryl methyl sites for hydroxylation is 1. The highest BCUT2D eigenvalue weighted by atomic mass is 32.2. The normalized spacial score (nSPS) is 16.3. The zero-order valence-corrected chi connectivity index (χ0v) is 18.4. The Morgan fingerprint density at radius 1 is 1.09 bits per heavy atom. The summed E-state index contributed by atoms with van der Waals surface area (Å²) in [6.07, 6.45) is -2.75. The second-order valence-corrected chi connectivity index (χ2v) is 10.1. The van der Waals surface area contributed by atoms with Crippen LogP contribution in [0.15, 0.2) is 30.5 Å². The molecule has 1 aliphatic rings. The largest absolute Gasteiger partial charge is 0.416 e. The van der Waals surface area contributed by atoms with E-state index in [1.165, 1.54) is 13.0 Å². The molecule has 3 heterocycles. The van der Waals surface area contributed by atoms with Gasteiger partial charge in [-0.2, -0.15) is 18.3 Å². The van der Waals surface area contributed by atoms with E-state index in [4.69, 9.17) is 0 Å². The number of hydrogen-bond donors (Lipinski definition) is 1. The van der Waals surface area contributed by atoms with Gasteiger partial charge in [0, 0.05) is 36.6 Å². The molecule has 0 radical (unpaired) electrons. The average molecular weight is 466 g/mol. The molecule has 0 unspecified atom stereocenters. The quantitative estimate of drug-likeness (QED) is 0.631. The van der Waals surface area contributed by atoms with Crippen LogP contribution in [0.4, 0.5) is 24.8 Å². The highest BCUT2D eigenvalue weighted by molar-refractivity contribution is 7.91. The van der Waals surface area contributed by atoms with E-state index in [0.29, 0.717) is 36.0 Å². The highest BCUT2D eigenvalue weighted by Gasteiger charge is 2.32. The van der Waals surface area contributed by atoms with Crippen molar-refractivity contribution in [2.45, 2.75) is 26.6 Å². The van der Waals surface area contributed by atoms with Gasteiger partial charge in [0.15, 0.2) is 15.7 Å². The number of halogens is 3. The summed E-state index contributed by atoms with van der Waals surface area (Å²) in [6.45, 7) is 4.09. The molecule has 0 amide bonds. The molecular weight excluding hydrogens is 443 g/mol. The van der Waals surface area contributed by atoms with Crippen molar-refractivity contribution >= 4 is 32.2 Å². The molecule has 32 heavy (non-hydrogen) atoms. The number of sulfone groups is 1. The Balaban J connectivity index is 1.64. The summed E-state index contributed by atoms with van der Waals surface area (Å²) < 4.78 is 63.1. The SMILES string of the molecule is Cc1c(CNc2nnc(C)c3cnc(N4CCS(=O)(=O)CC4)cc23)cccc1C(F)(F)F. The Labute approximate surface area is 183 Å². The lowest BCUT2D eigenvalue weighted by atomic mass is 10.0. The van der Waals surface area contributed by atoms with E-state index < -0.39 is 21.6 Å². The molecule has 1 aliphatic heterocycles. The van der Waals surface area contributed by atoms with Crippen LogP contribution in [0.25, 0.3) is 10.8 Å². The first-order chi connectivity index (χ1) is 15.0. The first kappa shape index (κ1) is 22.3. The average Bonchev–Trinajstić information content (AvgIpc) is 2.73.